The zero-order chi connectivity index (χ0) is 10.7. The van der Waals surface area contributed by atoms with Crippen molar-refractivity contribution in [1.29, 1.82) is 0 Å². The molecule has 0 unspecified atom stereocenters. The summed E-state index contributed by atoms with van der Waals surface area (Å²) >= 11 is 1.64. The van der Waals surface area contributed by atoms with E-state index in [9.17, 15) is 4.79 Å². The van der Waals surface area contributed by atoms with E-state index in [1.54, 1.807) is 11.3 Å². The second-order valence-electron chi connectivity index (χ2n) is 3.98. The Labute approximate surface area is 93.9 Å². The first-order valence-electron chi connectivity index (χ1n) is 5.52. The van der Waals surface area contributed by atoms with Gasteiger partial charge in [-0.1, -0.05) is 12.8 Å². The fourth-order valence-electron chi connectivity index (χ4n) is 1.91. The van der Waals surface area contributed by atoms with E-state index < -0.39 is 0 Å². The zero-order valence-corrected chi connectivity index (χ0v) is 9.82. The van der Waals surface area contributed by atoms with E-state index in [4.69, 9.17) is 0 Å². The molecule has 0 fully saturated rings. The molecule has 1 aliphatic rings. The van der Waals surface area contributed by atoms with Crippen molar-refractivity contribution in [3.8, 4) is 0 Å². The maximum atomic E-state index is 10.9. The average molecular weight is 224 g/mol. The van der Waals surface area contributed by atoms with Crippen molar-refractivity contribution in [1.82, 2.24) is 4.98 Å². The first-order chi connectivity index (χ1) is 7.25. The number of anilines is 1. The molecule has 1 heterocycles. The summed E-state index contributed by atoms with van der Waals surface area (Å²) in [7, 11) is 0. The molecule has 0 saturated carbocycles. The Balaban J connectivity index is 2.16. The molecule has 0 bridgehead atoms. The molecule has 0 aliphatic heterocycles. The predicted molar refractivity (Wildman–Crippen MR) is 62.3 cm³/mol. The molecule has 0 saturated heterocycles. The van der Waals surface area contributed by atoms with Gasteiger partial charge in [0.25, 0.3) is 0 Å². The molecule has 0 radical (unpaired) electrons. The summed E-state index contributed by atoms with van der Waals surface area (Å²) in [4.78, 5) is 16.8. The smallest absolute Gasteiger partial charge is 0.223 e. The maximum Gasteiger partial charge on any atom is 0.223 e. The normalized spacial score (nSPS) is 16.3. The van der Waals surface area contributed by atoms with Crippen LogP contribution in [0.1, 0.15) is 43.2 Å². The summed E-state index contributed by atoms with van der Waals surface area (Å²) in [6, 6.07) is 0. The summed E-state index contributed by atoms with van der Waals surface area (Å²) in [5.74, 6) is -0.0308. The lowest BCUT2D eigenvalue weighted by Gasteiger charge is -2.06. The van der Waals surface area contributed by atoms with Gasteiger partial charge in [-0.3, -0.25) is 4.79 Å². The molecule has 1 aliphatic carbocycles. The Morgan fingerprint density at radius 2 is 2.00 bits per heavy atom. The van der Waals surface area contributed by atoms with Crippen LogP contribution in [0.15, 0.2) is 0 Å². The first kappa shape index (κ1) is 10.6. The van der Waals surface area contributed by atoms with E-state index in [1.165, 1.54) is 43.2 Å². The van der Waals surface area contributed by atoms with E-state index in [-0.39, 0.29) is 5.91 Å². The van der Waals surface area contributed by atoms with Crippen LogP contribution in [0.25, 0.3) is 0 Å². The lowest BCUT2D eigenvalue weighted by molar-refractivity contribution is -0.114. The summed E-state index contributed by atoms with van der Waals surface area (Å²) in [5, 5.41) is 3.54. The Morgan fingerprint density at radius 3 is 2.73 bits per heavy atom. The molecule has 0 atom stereocenters. The minimum atomic E-state index is -0.0308. The van der Waals surface area contributed by atoms with Crippen molar-refractivity contribution < 1.29 is 4.79 Å². The number of hydrogen-bond donors (Lipinski definition) is 1. The number of hydrogen-bond acceptors (Lipinski definition) is 3. The number of amides is 1. The fourth-order valence-corrected chi connectivity index (χ4v) is 3.01. The Bertz CT molecular complexity index is 334. The lowest BCUT2D eigenvalue weighted by atomic mass is 10.0. The zero-order valence-electron chi connectivity index (χ0n) is 9.01. The highest BCUT2D eigenvalue weighted by atomic mass is 32.1. The van der Waals surface area contributed by atoms with Gasteiger partial charge in [-0.15, -0.1) is 11.3 Å². The van der Waals surface area contributed by atoms with Crippen molar-refractivity contribution in [2.45, 2.75) is 45.4 Å². The van der Waals surface area contributed by atoms with Crippen LogP contribution >= 0.6 is 11.3 Å². The number of nitrogens with zero attached hydrogens (tertiary/aromatic N) is 1. The minimum Gasteiger partial charge on any atom is -0.302 e. The Kier molecular flexibility index (Phi) is 3.36. The summed E-state index contributed by atoms with van der Waals surface area (Å²) < 4.78 is 0. The van der Waals surface area contributed by atoms with Crippen LogP contribution in [0.5, 0.6) is 0 Å². The highest BCUT2D eigenvalue weighted by molar-refractivity contribution is 7.15. The summed E-state index contributed by atoms with van der Waals surface area (Å²) in [5.41, 5.74) is 1.21. The number of fused-ring (bicyclic) bond motifs is 1. The van der Waals surface area contributed by atoms with Crippen LogP contribution in [-0.4, -0.2) is 10.9 Å². The molecule has 1 amide bonds. The quantitative estimate of drug-likeness (QED) is 0.797. The highest BCUT2D eigenvalue weighted by Gasteiger charge is 2.13. The van der Waals surface area contributed by atoms with Crippen molar-refractivity contribution in [3.63, 3.8) is 0 Å². The van der Waals surface area contributed by atoms with Crippen LogP contribution in [0.4, 0.5) is 5.13 Å². The topological polar surface area (TPSA) is 42.0 Å². The third kappa shape index (κ3) is 2.78. The average Bonchev–Trinajstić information content (AvgIpc) is 2.46. The van der Waals surface area contributed by atoms with Crippen LogP contribution in [0.2, 0.25) is 0 Å². The van der Waals surface area contributed by atoms with Crippen molar-refractivity contribution in [2.24, 2.45) is 0 Å². The molecule has 1 aromatic rings. The van der Waals surface area contributed by atoms with E-state index in [1.807, 2.05) is 0 Å². The van der Waals surface area contributed by atoms with Gasteiger partial charge in [0.05, 0.1) is 5.69 Å². The molecule has 2 rings (SSSR count). The SMILES string of the molecule is CC(=O)Nc1nc2c(s1)CCCCCC2. The van der Waals surface area contributed by atoms with E-state index >= 15 is 0 Å². The van der Waals surface area contributed by atoms with E-state index in [0.29, 0.717) is 0 Å². The molecule has 0 aromatic carbocycles. The summed E-state index contributed by atoms with van der Waals surface area (Å²) in [6.07, 6.45) is 7.34. The Hall–Kier alpha value is -0.900. The summed E-state index contributed by atoms with van der Waals surface area (Å²) in [6.45, 7) is 1.53. The second kappa shape index (κ2) is 4.75. The molecular formula is C11H16N2OS. The molecule has 0 spiro atoms. The van der Waals surface area contributed by atoms with E-state index in [0.717, 1.165) is 18.0 Å². The number of carbonyl (C=O) groups is 1. The number of carbonyl (C=O) groups excluding carboxylic acids is 1. The molecule has 1 aromatic heterocycles. The van der Waals surface area contributed by atoms with Gasteiger partial charge in [0.1, 0.15) is 0 Å². The Morgan fingerprint density at radius 1 is 1.27 bits per heavy atom. The minimum absolute atomic E-state index is 0.0308. The van der Waals surface area contributed by atoms with Gasteiger partial charge in [0, 0.05) is 11.8 Å². The fraction of sp³-hybridized carbons (Fsp3) is 0.636. The van der Waals surface area contributed by atoms with Crippen molar-refractivity contribution >= 4 is 22.4 Å². The van der Waals surface area contributed by atoms with Crippen LogP contribution in [0, 0.1) is 0 Å². The van der Waals surface area contributed by atoms with Gasteiger partial charge in [0.2, 0.25) is 5.91 Å². The first-order valence-corrected chi connectivity index (χ1v) is 6.33. The number of nitrogens with one attached hydrogen (secondary N) is 1. The standard InChI is InChI=1S/C11H16N2OS/c1-8(14)12-11-13-9-6-4-2-3-5-7-10(9)15-11/h2-7H2,1H3,(H,12,13,14). The largest absolute Gasteiger partial charge is 0.302 e. The number of aryl methyl sites for hydroxylation is 2. The molecule has 82 valence electrons. The number of aromatic nitrogens is 1. The molecule has 1 N–H and O–H groups in total. The van der Waals surface area contributed by atoms with Gasteiger partial charge in [0.15, 0.2) is 5.13 Å². The number of thiazole rings is 1. The molecule has 15 heavy (non-hydrogen) atoms. The van der Waals surface area contributed by atoms with Gasteiger partial charge in [-0.25, -0.2) is 4.98 Å². The monoisotopic (exact) mass is 224 g/mol. The molecule has 4 heteroatoms. The maximum absolute atomic E-state index is 10.9. The predicted octanol–water partition coefficient (Wildman–Crippen LogP) is 2.76. The molecule has 3 nitrogen and oxygen atoms in total. The van der Waals surface area contributed by atoms with Gasteiger partial charge in [-0.2, -0.15) is 0 Å². The third-order valence-electron chi connectivity index (χ3n) is 2.63. The van der Waals surface area contributed by atoms with Gasteiger partial charge >= 0.3 is 0 Å². The van der Waals surface area contributed by atoms with Crippen molar-refractivity contribution in [2.75, 3.05) is 5.32 Å². The highest BCUT2D eigenvalue weighted by Crippen LogP contribution is 2.28. The van der Waals surface area contributed by atoms with Crippen LogP contribution in [0.3, 0.4) is 0 Å². The van der Waals surface area contributed by atoms with Crippen LogP contribution < -0.4 is 5.32 Å². The third-order valence-corrected chi connectivity index (χ3v) is 3.70. The second-order valence-corrected chi connectivity index (χ2v) is 5.07. The van der Waals surface area contributed by atoms with Gasteiger partial charge < -0.3 is 5.32 Å². The van der Waals surface area contributed by atoms with Crippen LogP contribution in [-0.2, 0) is 17.6 Å². The van der Waals surface area contributed by atoms with E-state index in [2.05, 4.69) is 10.3 Å². The van der Waals surface area contributed by atoms with Gasteiger partial charge in [-0.05, 0) is 25.7 Å². The lowest BCUT2D eigenvalue weighted by Crippen LogP contribution is -2.05. The van der Waals surface area contributed by atoms with Crippen molar-refractivity contribution in [3.05, 3.63) is 10.6 Å². The molecular weight excluding hydrogens is 208 g/mol. The number of rotatable bonds is 1.